The van der Waals surface area contributed by atoms with Crippen molar-refractivity contribution in [2.24, 2.45) is 11.8 Å². The van der Waals surface area contributed by atoms with Crippen LogP contribution in [0.1, 0.15) is 82.8 Å². The van der Waals surface area contributed by atoms with Crippen LogP contribution < -0.4 is 16.0 Å². The molecule has 1 aliphatic heterocycles. The number of fused-ring (bicyclic) bond motifs is 2. The lowest BCUT2D eigenvalue weighted by Crippen LogP contribution is -2.64. The van der Waals surface area contributed by atoms with E-state index < -0.39 is 56.2 Å². The number of sulfone groups is 1. The molecule has 4 N–H and O–H groups in total. The molecule has 3 aromatic rings. The van der Waals surface area contributed by atoms with Gasteiger partial charge in [0.15, 0.2) is 9.84 Å². The fourth-order valence-corrected chi connectivity index (χ4v) is 8.07. The van der Waals surface area contributed by atoms with Gasteiger partial charge in [-0.3, -0.25) is 24.3 Å². The Kier molecular flexibility index (Phi) is 12.1. The number of aliphatic hydroxyl groups excluding tert-OH is 1. The number of carbonyl (C=O) groups excluding carboxylic acids is 3. The summed E-state index contributed by atoms with van der Waals surface area (Å²) in [7, 11) is -3.91. The van der Waals surface area contributed by atoms with Crippen LogP contribution in [0.4, 0.5) is 0 Å². The highest BCUT2D eigenvalue weighted by molar-refractivity contribution is 7.92. The predicted molar refractivity (Wildman–Crippen MR) is 201 cm³/mol. The van der Waals surface area contributed by atoms with E-state index in [2.05, 4.69) is 30.8 Å². The lowest BCUT2D eigenvalue weighted by Gasteiger charge is -2.47. The summed E-state index contributed by atoms with van der Waals surface area (Å²) in [6.07, 6.45) is 8.42. The maximum absolute atomic E-state index is 14.3. The van der Waals surface area contributed by atoms with E-state index in [0.717, 1.165) is 37.5 Å². The summed E-state index contributed by atoms with van der Waals surface area (Å²) in [6, 6.07) is 11.3. The van der Waals surface area contributed by atoms with E-state index in [4.69, 9.17) is 0 Å². The van der Waals surface area contributed by atoms with Gasteiger partial charge >= 0.3 is 0 Å². The first-order valence-corrected chi connectivity index (χ1v) is 20.1. The van der Waals surface area contributed by atoms with E-state index in [9.17, 15) is 27.9 Å². The molecule has 1 saturated heterocycles. The molecule has 2 fully saturated rings. The minimum atomic E-state index is -3.91. The number of hydrogen-bond acceptors (Lipinski definition) is 9. The number of nitrogens with one attached hydrogen (secondary N) is 3. The highest BCUT2D eigenvalue weighted by atomic mass is 32.2. The topological polar surface area (TPSA) is 171 Å². The van der Waals surface area contributed by atoms with Gasteiger partial charge in [0.2, 0.25) is 11.8 Å². The van der Waals surface area contributed by atoms with E-state index >= 15 is 0 Å². The molecule has 0 radical (unpaired) electrons. The zero-order valence-corrected chi connectivity index (χ0v) is 31.9. The largest absolute Gasteiger partial charge is 0.390 e. The van der Waals surface area contributed by atoms with Crippen molar-refractivity contribution in [3.05, 3.63) is 72.2 Å². The van der Waals surface area contributed by atoms with Gasteiger partial charge in [0.1, 0.15) is 11.7 Å². The van der Waals surface area contributed by atoms with Gasteiger partial charge in [0, 0.05) is 42.7 Å². The summed E-state index contributed by atoms with van der Waals surface area (Å²) >= 11 is 0. The number of benzene rings is 1. The molecular formula is C39H54N6O6S. The summed E-state index contributed by atoms with van der Waals surface area (Å²) in [5.41, 5.74) is 0.939. The fourth-order valence-electron chi connectivity index (χ4n) is 7.48. The summed E-state index contributed by atoms with van der Waals surface area (Å²) < 4.78 is 24.5. The van der Waals surface area contributed by atoms with Gasteiger partial charge in [0.25, 0.3) is 5.91 Å². The molecule has 0 spiro atoms. The Labute approximate surface area is 307 Å². The summed E-state index contributed by atoms with van der Waals surface area (Å²) in [4.78, 5) is 52.2. The Hall–Kier alpha value is -3.94. The van der Waals surface area contributed by atoms with E-state index in [1.165, 1.54) is 19.9 Å². The minimum Gasteiger partial charge on any atom is -0.390 e. The maximum Gasteiger partial charge on any atom is 0.270 e. The molecule has 52 heavy (non-hydrogen) atoms. The van der Waals surface area contributed by atoms with Gasteiger partial charge in [-0.15, -0.1) is 0 Å². The Bertz CT molecular complexity index is 1850. The van der Waals surface area contributed by atoms with Crippen molar-refractivity contribution in [3.8, 4) is 0 Å². The van der Waals surface area contributed by atoms with Gasteiger partial charge in [-0.1, -0.05) is 49.6 Å². The van der Waals surface area contributed by atoms with Crippen LogP contribution in [0.25, 0.3) is 10.9 Å². The van der Waals surface area contributed by atoms with Gasteiger partial charge in [-0.2, -0.15) is 0 Å². The molecule has 6 atom stereocenters. The quantitative estimate of drug-likeness (QED) is 0.218. The second kappa shape index (κ2) is 16.0. The number of aromatic nitrogens is 2. The fraction of sp³-hybridized carbons (Fsp3) is 0.564. The van der Waals surface area contributed by atoms with Gasteiger partial charge in [-0.05, 0) is 89.5 Å². The molecule has 1 aliphatic carbocycles. The van der Waals surface area contributed by atoms with Crippen molar-refractivity contribution in [1.82, 2.24) is 30.8 Å². The second-order valence-electron chi connectivity index (χ2n) is 16.2. The predicted octanol–water partition coefficient (Wildman–Crippen LogP) is 3.44. The number of hydrogen-bond donors (Lipinski definition) is 4. The third-order valence-electron chi connectivity index (χ3n) is 10.7. The van der Waals surface area contributed by atoms with Crippen LogP contribution in [0.3, 0.4) is 0 Å². The first-order valence-electron chi connectivity index (χ1n) is 18.2. The lowest BCUT2D eigenvalue weighted by atomic mass is 9.72. The zero-order chi connectivity index (χ0) is 37.8. The van der Waals surface area contributed by atoms with Gasteiger partial charge in [-0.25, -0.2) is 13.4 Å². The lowest BCUT2D eigenvalue weighted by molar-refractivity contribution is -0.133. The number of rotatable bonds is 12. The number of aliphatic hydroxyl groups is 1. The van der Waals surface area contributed by atoms with E-state index in [0.29, 0.717) is 35.7 Å². The van der Waals surface area contributed by atoms with E-state index in [1.54, 1.807) is 24.5 Å². The molecule has 2 unspecified atom stereocenters. The second-order valence-corrected chi connectivity index (χ2v) is 18.8. The standard InChI is InChI=1S/C39H54N6O6S/c1-38(2,3)44-36(48)32-21-26-14-10-11-15-28(26)23-45(32)24-33(46)31(20-25-12-8-7-9-13-25)42-37(49)34(39(4,5)52(6,50)51)43-35(47)30-17-16-27-22-40-19-18-29(27)41-30/h7-9,12-13,16-19,22,26,28,31-34,46H,10-11,14-15,20-21,23-24H2,1-6H3,(H,42,49)(H,43,47)(H,44,48)/t26?,28?,31-,32-,33+,34+/m0/s1. The SMILES string of the molecule is CC(C)(C)NC(=O)[C@@H]1CC2CCCCC2CN1C[C@@H](O)[C@H](Cc1ccccc1)NC(=O)[C@@H](NC(=O)c1ccc2cnccc2n1)C(C)(C)S(C)(=O)=O. The molecule has 13 heteroatoms. The molecule has 5 rings (SSSR count). The number of likely N-dealkylation sites (tertiary alicyclic amines) is 1. The normalized spacial score (nSPS) is 21.7. The van der Waals surface area contributed by atoms with Gasteiger partial charge in [0.05, 0.1) is 28.5 Å². The van der Waals surface area contributed by atoms with Crippen LogP contribution in [-0.4, -0.2) is 100.0 Å². The van der Waals surface area contributed by atoms with E-state index in [1.807, 2.05) is 51.1 Å². The minimum absolute atomic E-state index is 0.00682. The molecule has 282 valence electrons. The molecule has 3 heterocycles. The van der Waals surface area contributed by atoms with Crippen LogP contribution in [0.5, 0.6) is 0 Å². The first-order chi connectivity index (χ1) is 24.4. The highest BCUT2D eigenvalue weighted by Gasteiger charge is 2.46. The van der Waals surface area contributed by atoms with Crippen molar-refractivity contribution in [2.45, 2.75) is 108 Å². The van der Waals surface area contributed by atoms with Crippen molar-refractivity contribution in [1.29, 1.82) is 0 Å². The number of β-amino-alcohol motifs (C(OH)–C–C–N with tert-alkyl or cyclic N) is 1. The zero-order valence-electron chi connectivity index (χ0n) is 31.1. The average Bonchev–Trinajstić information content (AvgIpc) is 3.08. The van der Waals surface area contributed by atoms with Crippen LogP contribution >= 0.6 is 0 Å². The molecule has 1 aromatic carbocycles. The van der Waals surface area contributed by atoms with Crippen molar-refractivity contribution < 1.29 is 27.9 Å². The molecule has 12 nitrogen and oxygen atoms in total. The van der Waals surface area contributed by atoms with Crippen molar-refractivity contribution >= 4 is 38.5 Å². The summed E-state index contributed by atoms with van der Waals surface area (Å²) in [5.74, 6) is -0.713. The number of amides is 3. The third kappa shape index (κ3) is 9.53. The highest BCUT2D eigenvalue weighted by Crippen LogP contribution is 2.39. The Morgan fingerprint density at radius 1 is 0.962 bits per heavy atom. The first kappa shape index (κ1) is 39.3. The molecule has 2 aliphatic rings. The van der Waals surface area contributed by atoms with Crippen LogP contribution in [0.15, 0.2) is 60.9 Å². The van der Waals surface area contributed by atoms with Crippen LogP contribution in [-0.2, 0) is 25.8 Å². The molecular weight excluding hydrogens is 681 g/mol. The smallest absolute Gasteiger partial charge is 0.270 e. The molecule has 3 amide bonds. The van der Waals surface area contributed by atoms with Crippen molar-refractivity contribution in [3.63, 3.8) is 0 Å². The summed E-state index contributed by atoms with van der Waals surface area (Å²) in [5, 5.41) is 21.4. The van der Waals surface area contributed by atoms with Crippen molar-refractivity contribution in [2.75, 3.05) is 19.3 Å². The number of nitrogens with zero attached hydrogens (tertiary/aromatic N) is 3. The van der Waals surface area contributed by atoms with Crippen LogP contribution in [0, 0.1) is 11.8 Å². The van der Waals surface area contributed by atoms with E-state index in [-0.39, 0.29) is 24.6 Å². The molecule has 0 bridgehead atoms. The average molecular weight is 735 g/mol. The Morgan fingerprint density at radius 2 is 1.65 bits per heavy atom. The number of piperidine rings is 1. The van der Waals surface area contributed by atoms with Gasteiger partial charge < -0.3 is 21.1 Å². The van der Waals surface area contributed by atoms with Crippen LogP contribution in [0.2, 0.25) is 0 Å². The number of carbonyl (C=O) groups is 3. The Balaban J connectivity index is 1.43. The monoisotopic (exact) mass is 734 g/mol. The number of pyridine rings is 2. The maximum atomic E-state index is 14.3. The summed E-state index contributed by atoms with van der Waals surface area (Å²) in [6.45, 7) is 9.40. The third-order valence-corrected chi connectivity index (χ3v) is 12.9. The Morgan fingerprint density at radius 3 is 2.33 bits per heavy atom. The molecule has 1 saturated carbocycles. The molecule has 2 aromatic heterocycles.